The van der Waals surface area contributed by atoms with Crippen molar-refractivity contribution < 1.29 is 0 Å². The molecule has 0 radical (unpaired) electrons. The maximum atomic E-state index is 3.64. The van der Waals surface area contributed by atoms with Gasteiger partial charge in [-0.1, -0.05) is 13.0 Å². The molecule has 100 valence electrons. The summed E-state index contributed by atoms with van der Waals surface area (Å²) >= 11 is 1.81. The van der Waals surface area contributed by atoms with Crippen LogP contribution in [0.2, 0.25) is 0 Å². The number of nitrogens with zero attached hydrogens (tertiary/aromatic N) is 1. The summed E-state index contributed by atoms with van der Waals surface area (Å²) in [4.78, 5) is 3.91. The normalized spacial score (nSPS) is 23.1. The second kappa shape index (κ2) is 5.54. The summed E-state index contributed by atoms with van der Waals surface area (Å²) in [6, 6.07) is 9.51. The van der Waals surface area contributed by atoms with E-state index in [1.54, 1.807) is 0 Å². The number of rotatable bonds is 3. The van der Waals surface area contributed by atoms with E-state index in [0.29, 0.717) is 6.04 Å². The summed E-state index contributed by atoms with van der Waals surface area (Å²) in [5, 5.41) is 3.64. The Morgan fingerprint density at radius 1 is 1.44 bits per heavy atom. The number of piperazine rings is 1. The predicted octanol–water partition coefficient (Wildman–Crippen LogP) is 3.38. The van der Waals surface area contributed by atoms with E-state index in [-0.39, 0.29) is 5.54 Å². The van der Waals surface area contributed by atoms with Crippen molar-refractivity contribution in [2.45, 2.75) is 43.7 Å². The standard InChI is InChI=1S/C15H24N2S/c1-5-12-10-16-15(2,3)11-17(12)13-7-6-8-14(9-13)18-4/h6-9,12,16H,5,10-11H2,1-4H3. The maximum Gasteiger partial charge on any atom is 0.0412 e. The second-order valence-electron chi connectivity index (χ2n) is 5.66. The lowest BCUT2D eigenvalue weighted by atomic mass is 9.97. The van der Waals surface area contributed by atoms with Gasteiger partial charge in [0.1, 0.15) is 0 Å². The quantitative estimate of drug-likeness (QED) is 0.843. The average Bonchev–Trinajstić information content (AvgIpc) is 2.38. The first-order valence-electron chi connectivity index (χ1n) is 6.71. The SMILES string of the molecule is CCC1CNC(C)(C)CN1c1cccc(SC)c1. The van der Waals surface area contributed by atoms with Gasteiger partial charge in [-0.15, -0.1) is 11.8 Å². The molecule has 1 N–H and O–H groups in total. The van der Waals surface area contributed by atoms with Gasteiger partial charge in [-0.25, -0.2) is 0 Å². The molecule has 0 bridgehead atoms. The molecule has 2 rings (SSSR count). The highest BCUT2D eigenvalue weighted by Gasteiger charge is 2.31. The van der Waals surface area contributed by atoms with Crippen molar-refractivity contribution in [2.24, 2.45) is 0 Å². The van der Waals surface area contributed by atoms with Crippen LogP contribution in [0.4, 0.5) is 5.69 Å². The molecule has 0 aliphatic carbocycles. The zero-order valence-electron chi connectivity index (χ0n) is 11.9. The fourth-order valence-electron chi connectivity index (χ4n) is 2.57. The van der Waals surface area contributed by atoms with Gasteiger partial charge in [-0.05, 0) is 44.7 Å². The molecule has 1 saturated heterocycles. The summed E-state index contributed by atoms with van der Waals surface area (Å²) in [7, 11) is 0. The van der Waals surface area contributed by atoms with Crippen LogP contribution in [0.1, 0.15) is 27.2 Å². The molecule has 2 nitrogen and oxygen atoms in total. The Morgan fingerprint density at radius 3 is 2.89 bits per heavy atom. The van der Waals surface area contributed by atoms with Gasteiger partial charge in [0, 0.05) is 35.3 Å². The molecule has 0 saturated carbocycles. The van der Waals surface area contributed by atoms with Crippen LogP contribution >= 0.6 is 11.8 Å². The van der Waals surface area contributed by atoms with Gasteiger partial charge in [0.25, 0.3) is 0 Å². The molecule has 1 atom stereocenters. The van der Waals surface area contributed by atoms with Crippen LogP contribution in [0.3, 0.4) is 0 Å². The van der Waals surface area contributed by atoms with Crippen LogP contribution in [0, 0.1) is 0 Å². The van der Waals surface area contributed by atoms with E-state index in [1.165, 1.54) is 17.0 Å². The Hall–Kier alpha value is -0.670. The first-order chi connectivity index (χ1) is 8.55. The second-order valence-corrected chi connectivity index (χ2v) is 6.54. The van der Waals surface area contributed by atoms with Crippen molar-refractivity contribution in [1.29, 1.82) is 0 Å². The third-order valence-corrected chi connectivity index (χ3v) is 4.40. The van der Waals surface area contributed by atoms with E-state index in [1.807, 2.05) is 11.8 Å². The highest BCUT2D eigenvalue weighted by molar-refractivity contribution is 7.98. The van der Waals surface area contributed by atoms with Crippen molar-refractivity contribution in [3.8, 4) is 0 Å². The number of hydrogen-bond acceptors (Lipinski definition) is 3. The van der Waals surface area contributed by atoms with Gasteiger partial charge >= 0.3 is 0 Å². The molecule has 3 heteroatoms. The molecular weight excluding hydrogens is 240 g/mol. The molecule has 0 aromatic heterocycles. The van der Waals surface area contributed by atoms with E-state index >= 15 is 0 Å². The molecule has 1 aliphatic rings. The van der Waals surface area contributed by atoms with Gasteiger partial charge in [-0.3, -0.25) is 0 Å². The average molecular weight is 264 g/mol. The van der Waals surface area contributed by atoms with Gasteiger partial charge in [0.05, 0.1) is 0 Å². The van der Waals surface area contributed by atoms with Crippen molar-refractivity contribution in [2.75, 3.05) is 24.2 Å². The van der Waals surface area contributed by atoms with Crippen LogP contribution in [-0.2, 0) is 0 Å². The Labute approximate surface area is 115 Å². The molecule has 0 spiro atoms. The Bertz CT molecular complexity index is 403. The summed E-state index contributed by atoms with van der Waals surface area (Å²) < 4.78 is 0. The largest absolute Gasteiger partial charge is 0.365 e. The van der Waals surface area contributed by atoms with Crippen LogP contribution < -0.4 is 10.2 Å². The molecule has 1 aromatic carbocycles. The van der Waals surface area contributed by atoms with Crippen LogP contribution in [-0.4, -0.2) is 30.9 Å². The molecule has 1 heterocycles. The van der Waals surface area contributed by atoms with Crippen molar-refractivity contribution in [3.63, 3.8) is 0 Å². The predicted molar refractivity (Wildman–Crippen MR) is 81.7 cm³/mol. The van der Waals surface area contributed by atoms with E-state index in [0.717, 1.165) is 13.1 Å². The molecule has 0 amide bonds. The minimum absolute atomic E-state index is 0.195. The lowest BCUT2D eigenvalue weighted by molar-refractivity contribution is 0.306. The molecule has 1 fully saturated rings. The number of anilines is 1. The molecule has 1 aliphatic heterocycles. The highest BCUT2D eigenvalue weighted by Crippen LogP contribution is 2.28. The summed E-state index contributed by atoms with van der Waals surface area (Å²) in [6.07, 6.45) is 3.32. The summed E-state index contributed by atoms with van der Waals surface area (Å²) in [6.45, 7) is 8.99. The number of benzene rings is 1. The minimum atomic E-state index is 0.195. The molecule has 1 aromatic rings. The van der Waals surface area contributed by atoms with Crippen LogP contribution in [0.5, 0.6) is 0 Å². The van der Waals surface area contributed by atoms with Crippen LogP contribution in [0.25, 0.3) is 0 Å². The number of hydrogen-bond donors (Lipinski definition) is 1. The Morgan fingerprint density at radius 2 is 2.22 bits per heavy atom. The fourth-order valence-corrected chi connectivity index (χ4v) is 3.02. The fraction of sp³-hybridized carbons (Fsp3) is 0.600. The van der Waals surface area contributed by atoms with Gasteiger partial charge in [-0.2, -0.15) is 0 Å². The van der Waals surface area contributed by atoms with E-state index < -0.39 is 0 Å². The lowest BCUT2D eigenvalue weighted by Crippen LogP contribution is -2.61. The van der Waals surface area contributed by atoms with Crippen molar-refractivity contribution in [3.05, 3.63) is 24.3 Å². The van der Waals surface area contributed by atoms with Crippen molar-refractivity contribution in [1.82, 2.24) is 5.32 Å². The first-order valence-corrected chi connectivity index (χ1v) is 7.94. The zero-order valence-corrected chi connectivity index (χ0v) is 12.7. The molecule has 18 heavy (non-hydrogen) atoms. The van der Waals surface area contributed by atoms with E-state index in [4.69, 9.17) is 0 Å². The highest BCUT2D eigenvalue weighted by atomic mass is 32.2. The number of nitrogens with one attached hydrogen (secondary N) is 1. The molecular formula is C15H24N2S. The number of thioether (sulfide) groups is 1. The van der Waals surface area contributed by atoms with E-state index in [2.05, 4.69) is 61.5 Å². The summed E-state index contributed by atoms with van der Waals surface area (Å²) in [5.74, 6) is 0. The first kappa shape index (κ1) is 13.8. The third kappa shape index (κ3) is 3.01. The smallest absolute Gasteiger partial charge is 0.0412 e. The minimum Gasteiger partial charge on any atom is -0.365 e. The summed E-state index contributed by atoms with van der Waals surface area (Å²) in [5.41, 5.74) is 1.56. The van der Waals surface area contributed by atoms with Gasteiger partial charge < -0.3 is 10.2 Å². The Balaban J connectivity index is 2.26. The lowest BCUT2D eigenvalue weighted by Gasteiger charge is -2.46. The topological polar surface area (TPSA) is 15.3 Å². The third-order valence-electron chi connectivity index (χ3n) is 3.68. The monoisotopic (exact) mass is 264 g/mol. The maximum absolute atomic E-state index is 3.64. The zero-order chi connectivity index (χ0) is 13.2. The van der Waals surface area contributed by atoms with Gasteiger partial charge in [0.15, 0.2) is 0 Å². The van der Waals surface area contributed by atoms with Gasteiger partial charge in [0.2, 0.25) is 0 Å². The molecule has 1 unspecified atom stereocenters. The van der Waals surface area contributed by atoms with Crippen molar-refractivity contribution >= 4 is 17.4 Å². The van der Waals surface area contributed by atoms with E-state index in [9.17, 15) is 0 Å². The Kier molecular flexibility index (Phi) is 4.23. The van der Waals surface area contributed by atoms with Crippen LogP contribution in [0.15, 0.2) is 29.2 Å².